The fourth-order valence-electron chi connectivity index (χ4n) is 0.813. The van der Waals surface area contributed by atoms with Crippen LogP contribution >= 0.6 is 0 Å². The van der Waals surface area contributed by atoms with Gasteiger partial charge in [0.05, 0.1) is 0 Å². The minimum absolute atomic E-state index is 0.501. The number of hydrogen-bond acceptors (Lipinski definition) is 1. The first-order valence-electron chi connectivity index (χ1n) is 4.82. The van der Waals surface area contributed by atoms with Gasteiger partial charge in [-0.1, -0.05) is 26.3 Å². The highest BCUT2D eigenvalue weighted by Crippen LogP contribution is 2.25. The number of alkyl halides is 3. The normalized spacial score (nSPS) is 10.4. The van der Waals surface area contributed by atoms with E-state index < -0.39 is 17.9 Å². The smallest absolute Gasteiger partial charge is 0.403 e. The minimum Gasteiger partial charge on any atom is -0.403 e. The Morgan fingerprint density at radius 3 is 2.12 bits per heavy atom. The lowest BCUT2D eigenvalue weighted by Crippen LogP contribution is -2.17. The van der Waals surface area contributed by atoms with E-state index in [1.165, 1.54) is 12.5 Å². The molecule has 0 saturated heterocycles. The summed E-state index contributed by atoms with van der Waals surface area (Å²) >= 11 is 0. The third-order valence-corrected chi connectivity index (χ3v) is 1.31. The molecule has 5 heteroatoms. The van der Waals surface area contributed by atoms with E-state index in [0.29, 0.717) is 5.56 Å². The van der Waals surface area contributed by atoms with Crippen LogP contribution in [0.2, 0.25) is 0 Å². The van der Waals surface area contributed by atoms with Crippen LogP contribution in [0, 0.1) is 12.7 Å². The van der Waals surface area contributed by atoms with Crippen molar-refractivity contribution in [2.45, 2.75) is 33.6 Å². The van der Waals surface area contributed by atoms with E-state index in [1.807, 2.05) is 0 Å². The van der Waals surface area contributed by atoms with Gasteiger partial charge >= 0.3 is 6.36 Å². The van der Waals surface area contributed by atoms with Gasteiger partial charge in [-0.3, -0.25) is 0 Å². The molecule has 92 valence electrons. The molecule has 0 bridgehead atoms. The summed E-state index contributed by atoms with van der Waals surface area (Å²) in [6, 6.07) is 3.28. The van der Waals surface area contributed by atoms with Crippen molar-refractivity contribution in [1.29, 1.82) is 0 Å². The molecular formula is C11H14F4O. The molecule has 0 fully saturated rings. The summed E-state index contributed by atoms with van der Waals surface area (Å²) in [6.45, 7) is 5.79. The van der Waals surface area contributed by atoms with Crippen LogP contribution in [-0.4, -0.2) is 6.36 Å². The van der Waals surface area contributed by atoms with Crippen LogP contribution in [0.15, 0.2) is 18.2 Å². The molecule has 1 rings (SSSR count). The maximum atomic E-state index is 12.7. The number of hydrogen-bond donors (Lipinski definition) is 0. The molecular weight excluding hydrogens is 224 g/mol. The lowest BCUT2D eigenvalue weighted by Gasteiger charge is -2.09. The third kappa shape index (κ3) is 6.27. The van der Waals surface area contributed by atoms with Gasteiger partial charge in [0, 0.05) is 0 Å². The van der Waals surface area contributed by atoms with Crippen LogP contribution in [0.4, 0.5) is 17.6 Å². The largest absolute Gasteiger partial charge is 0.573 e. The van der Waals surface area contributed by atoms with Crippen LogP contribution in [0.25, 0.3) is 0 Å². The summed E-state index contributed by atoms with van der Waals surface area (Å²) in [6.07, 6.45) is -3.60. The van der Waals surface area contributed by atoms with Crippen LogP contribution in [0.5, 0.6) is 5.75 Å². The minimum atomic E-state index is -4.85. The fraction of sp³-hybridized carbons (Fsp3) is 0.455. The highest BCUT2D eigenvalue weighted by molar-refractivity contribution is 5.29. The first kappa shape index (κ1) is 14.7. The second-order valence-electron chi connectivity index (χ2n) is 3.19. The standard InChI is InChI=1S/C8H6F4O.C3H8/c1-5-2-3-6(9)7(4-5)13-8(10,11)12;1-3-2/h2-4H,1H3;3H2,1-2H3. The summed E-state index contributed by atoms with van der Waals surface area (Å²) in [5.41, 5.74) is 0.501. The Morgan fingerprint density at radius 2 is 1.69 bits per heavy atom. The highest BCUT2D eigenvalue weighted by Gasteiger charge is 2.32. The molecule has 1 aromatic carbocycles. The van der Waals surface area contributed by atoms with Crippen molar-refractivity contribution in [2.24, 2.45) is 0 Å². The zero-order chi connectivity index (χ0) is 12.8. The topological polar surface area (TPSA) is 9.23 Å². The van der Waals surface area contributed by atoms with Crippen molar-refractivity contribution in [3.8, 4) is 5.75 Å². The Hall–Kier alpha value is -1.26. The average Bonchev–Trinajstić information content (AvgIpc) is 2.10. The maximum absolute atomic E-state index is 12.7. The lowest BCUT2D eigenvalue weighted by molar-refractivity contribution is -0.275. The molecule has 0 aliphatic carbocycles. The predicted molar refractivity (Wildman–Crippen MR) is 53.8 cm³/mol. The maximum Gasteiger partial charge on any atom is 0.573 e. The first-order valence-corrected chi connectivity index (χ1v) is 4.82. The van der Waals surface area contributed by atoms with Crippen molar-refractivity contribution in [2.75, 3.05) is 0 Å². The zero-order valence-corrected chi connectivity index (χ0v) is 9.36. The van der Waals surface area contributed by atoms with Gasteiger partial charge in [0.1, 0.15) is 0 Å². The van der Waals surface area contributed by atoms with Crippen molar-refractivity contribution in [3.05, 3.63) is 29.6 Å². The summed E-state index contributed by atoms with van der Waals surface area (Å²) in [5, 5.41) is 0. The van der Waals surface area contributed by atoms with Gasteiger partial charge in [0.2, 0.25) is 0 Å². The van der Waals surface area contributed by atoms with Crippen molar-refractivity contribution in [1.82, 2.24) is 0 Å². The lowest BCUT2D eigenvalue weighted by atomic mass is 10.2. The van der Waals surface area contributed by atoms with E-state index in [-0.39, 0.29) is 0 Å². The number of ether oxygens (including phenoxy) is 1. The fourth-order valence-corrected chi connectivity index (χ4v) is 0.813. The molecule has 1 aromatic rings. The molecule has 0 aliphatic rings. The number of rotatable bonds is 1. The Labute approximate surface area is 92.0 Å². The van der Waals surface area contributed by atoms with Crippen LogP contribution in [0.3, 0.4) is 0 Å². The molecule has 0 amide bonds. The Morgan fingerprint density at radius 1 is 1.19 bits per heavy atom. The molecule has 0 saturated carbocycles. The summed E-state index contributed by atoms with van der Waals surface area (Å²) in [7, 11) is 0. The molecule has 0 radical (unpaired) electrons. The van der Waals surface area contributed by atoms with Gasteiger partial charge in [-0.05, 0) is 24.6 Å². The molecule has 0 aromatic heterocycles. The molecule has 0 N–H and O–H groups in total. The first-order chi connectivity index (χ1) is 7.30. The molecule has 1 nitrogen and oxygen atoms in total. The van der Waals surface area contributed by atoms with E-state index in [4.69, 9.17) is 0 Å². The van der Waals surface area contributed by atoms with Gasteiger partial charge in [0.25, 0.3) is 0 Å². The van der Waals surface area contributed by atoms with Crippen molar-refractivity contribution in [3.63, 3.8) is 0 Å². The van der Waals surface area contributed by atoms with Crippen molar-refractivity contribution >= 4 is 0 Å². The van der Waals surface area contributed by atoms with Crippen LogP contribution in [-0.2, 0) is 0 Å². The monoisotopic (exact) mass is 238 g/mol. The van der Waals surface area contributed by atoms with Gasteiger partial charge in [-0.25, -0.2) is 4.39 Å². The van der Waals surface area contributed by atoms with E-state index in [1.54, 1.807) is 6.92 Å². The third-order valence-electron chi connectivity index (χ3n) is 1.31. The highest BCUT2D eigenvalue weighted by atomic mass is 19.4. The molecule has 0 spiro atoms. The zero-order valence-electron chi connectivity index (χ0n) is 9.36. The predicted octanol–water partition coefficient (Wildman–Crippen LogP) is 4.45. The van der Waals surface area contributed by atoms with Crippen LogP contribution in [0.1, 0.15) is 25.8 Å². The molecule has 0 unspecified atom stereocenters. The van der Waals surface area contributed by atoms with E-state index in [0.717, 1.165) is 12.1 Å². The van der Waals surface area contributed by atoms with Gasteiger partial charge in [-0.15, -0.1) is 13.2 Å². The summed E-state index contributed by atoms with van der Waals surface area (Å²) < 4.78 is 51.1. The Kier molecular flexibility index (Phi) is 5.85. The van der Waals surface area contributed by atoms with Gasteiger partial charge < -0.3 is 4.74 Å². The molecule has 16 heavy (non-hydrogen) atoms. The number of halogens is 4. The number of aryl methyl sites for hydroxylation is 1. The molecule has 0 aliphatic heterocycles. The van der Waals surface area contributed by atoms with Gasteiger partial charge in [0.15, 0.2) is 11.6 Å². The van der Waals surface area contributed by atoms with E-state index in [9.17, 15) is 17.6 Å². The number of benzene rings is 1. The van der Waals surface area contributed by atoms with Gasteiger partial charge in [-0.2, -0.15) is 0 Å². The SMILES string of the molecule is CCC.Cc1ccc(F)c(OC(F)(F)F)c1. The average molecular weight is 238 g/mol. The Balaban J connectivity index is 0.000000673. The second-order valence-corrected chi connectivity index (χ2v) is 3.19. The summed E-state index contributed by atoms with van der Waals surface area (Å²) in [5.74, 6) is -1.82. The van der Waals surface area contributed by atoms with Crippen LogP contribution < -0.4 is 4.74 Å². The Bertz CT molecular complexity index is 320. The van der Waals surface area contributed by atoms with E-state index in [2.05, 4.69) is 18.6 Å². The van der Waals surface area contributed by atoms with Crippen molar-refractivity contribution < 1.29 is 22.3 Å². The second kappa shape index (κ2) is 6.35. The molecule has 0 atom stereocenters. The van der Waals surface area contributed by atoms with E-state index >= 15 is 0 Å². The quantitative estimate of drug-likeness (QED) is 0.657. The molecule has 0 heterocycles. The summed E-state index contributed by atoms with van der Waals surface area (Å²) in [4.78, 5) is 0.